The fourth-order valence-corrected chi connectivity index (χ4v) is 0.663. The topological polar surface area (TPSA) is 26.3 Å². The van der Waals surface area contributed by atoms with E-state index < -0.39 is 18.2 Å². The quantitative estimate of drug-likeness (QED) is 0.350. The van der Waals surface area contributed by atoms with Crippen LogP contribution < -0.4 is 0 Å². The second kappa shape index (κ2) is 2.06. The Bertz CT molecular complexity index is 170. The Labute approximate surface area is 52.0 Å². The third-order valence-corrected chi connectivity index (χ3v) is 1.16. The Kier molecular flexibility index (Phi) is 1.39. The van der Waals surface area contributed by atoms with Gasteiger partial charge in [0.2, 0.25) is 0 Å². The molecule has 0 aromatic rings. The highest BCUT2D eigenvalue weighted by molar-refractivity contribution is 5.72. The summed E-state index contributed by atoms with van der Waals surface area (Å²) in [6, 6.07) is 0. The van der Waals surface area contributed by atoms with Gasteiger partial charge >= 0.3 is 5.97 Å². The van der Waals surface area contributed by atoms with Crippen LogP contribution in [0.1, 0.15) is 6.42 Å². The van der Waals surface area contributed by atoms with Crippen LogP contribution in [0.15, 0.2) is 0 Å². The summed E-state index contributed by atoms with van der Waals surface area (Å²) in [5, 5.41) is 0. The van der Waals surface area contributed by atoms with E-state index in [-0.39, 0.29) is 6.42 Å². The van der Waals surface area contributed by atoms with Crippen molar-refractivity contribution in [2.24, 2.45) is 5.92 Å². The van der Waals surface area contributed by atoms with Gasteiger partial charge in [-0.1, -0.05) is 5.92 Å². The average molecular weight is 128 g/mol. The summed E-state index contributed by atoms with van der Waals surface area (Å²) >= 11 is 0. The molecule has 1 saturated heterocycles. The molecular weight excluding hydrogens is 123 g/mol. The molecule has 0 radical (unpaired) electrons. The second-order valence-corrected chi connectivity index (χ2v) is 1.82. The monoisotopic (exact) mass is 128 g/mol. The minimum Gasteiger partial charge on any atom is -0.430 e. The minimum atomic E-state index is -1.58. The number of ether oxygens (including phenoxy) is 1. The molecule has 0 N–H and O–H groups in total. The molecule has 2 unspecified atom stereocenters. The predicted octanol–water partition coefficient (Wildman–Crippen LogP) is 0.478. The first-order valence-corrected chi connectivity index (χ1v) is 2.53. The van der Waals surface area contributed by atoms with Crippen molar-refractivity contribution in [3.8, 4) is 12.3 Å². The summed E-state index contributed by atoms with van der Waals surface area (Å²) in [7, 11) is 0. The molecule has 1 rings (SSSR count). The number of alkyl halides is 1. The van der Waals surface area contributed by atoms with Crippen LogP contribution in [0.3, 0.4) is 0 Å². The molecule has 2 nitrogen and oxygen atoms in total. The van der Waals surface area contributed by atoms with Crippen molar-refractivity contribution in [3.63, 3.8) is 0 Å². The number of terminal acetylenes is 1. The summed E-state index contributed by atoms with van der Waals surface area (Å²) in [5.74, 6) is 0.904. The molecule has 48 valence electrons. The zero-order valence-corrected chi connectivity index (χ0v) is 4.63. The van der Waals surface area contributed by atoms with Gasteiger partial charge in [0, 0.05) is 0 Å². The zero-order chi connectivity index (χ0) is 6.85. The molecule has 1 fully saturated rings. The fraction of sp³-hybridized carbons (Fsp3) is 0.500. The lowest BCUT2D eigenvalue weighted by Gasteiger charge is -1.98. The van der Waals surface area contributed by atoms with Crippen molar-refractivity contribution in [3.05, 3.63) is 0 Å². The summed E-state index contributed by atoms with van der Waals surface area (Å²) in [6.07, 6.45) is 3.29. The normalized spacial score (nSPS) is 33.6. The third kappa shape index (κ3) is 1.02. The number of cyclic esters (lactones) is 1. The fourth-order valence-electron chi connectivity index (χ4n) is 0.663. The van der Waals surface area contributed by atoms with Gasteiger partial charge in [0.1, 0.15) is 0 Å². The van der Waals surface area contributed by atoms with Gasteiger partial charge in [0.15, 0.2) is 0 Å². The lowest BCUT2D eigenvalue weighted by Crippen LogP contribution is -2.06. The molecule has 9 heavy (non-hydrogen) atoms. The molecule has 0 aromatic carbocycles. The van der Waals surface area contributed by atoms with Crippen LogP contribution in [0, 0.1) is 18.3 Å². The highest BCUT2D eigenvalue weighted by atomic mass is 19.1. The van der Waals surface area contributed by atoms with Crippen molar-refractivity contribution in [1.29, 1.82) is 0 Å². The Morgan fingerprint density at radius 2 is 2.56 bits per heavy atom. The van der Waals surface area contributed by atoms with E-state index in [0.29, 0.717) is 0 Å². The van der Waals surface area contributed by atoms with E-state index in [1.165, 1.54) is 0 Å². The SMILES string of the molecule is C#CC1CC(=O)OC1F. The highest BCUT2D eigenvalue weighted by Crippen LogP contribution is 2.21. The number of carbonyl (C=O) groups is 1. The van der Waals surface area contributed by atoms with Crippen LogP contribution >= 0.6 is 0 Å². The van der Waals surface area contributed by atoms with Crippen molar-refractivity contribution in [2.75, 3.05) is 0 Å². The molecular formula is C6H5FO2. The van der Waals surface area contributed by atoms with Crippen LogP contribution in [-0.4, -0.2) is 12.3 Å². The number of hydrogen-bond acceptors (Lipinski definition) is 2. The number of rotatable bonds is 0. The van der Waals surface area contributed by atoms with Gasteiger partial charge < -0.3 is 4.74 Å². The van der Waals surface area contributed by atoms with Crippen LogP contribution in [0.2, 0.25) is 0 Å². The van der Waals surface area contributed by atoms with E-state index in [0.717, 1.165) is 0 Å². The van der Waals surface area contributed by atoms with E-state index in [1.807, 2.05) is 0 Å². The standard InChI is InChI=1S/C6H5FO2/c1-2-4-3-5(8)9-6(4)7/h1,4,6H,3H2. The van der Waals surface area contributed by atoms with Crippen molar-refractivity contribution < 1.29 is 13.9 Å². The van der Waals surface area contributed by atoms with Gasteiger partial charge in [-0.15, -0.1) is 6.42 Å². The van der Waals surface area contributed by atoms with Crippen molar-refractivity contribution in [2.45, 2.75) is 12.8 Å². The third-order valence-electron chi connectivity index (χ3n) is 1.16. The molecule has 2 atom stereocenters. The van der Waals surface area contributed by atoms with E-state index in [9.17, 15) is 9.18 Å². The predicted molar refractivity (Wildman–Crippen MR) is 27.9 cm³/mol. The number of halogens is 1. The van der Waals surface area contributed by atoms with Gasteiger partial charge in [-0.25, -0.2) is 4.39 Å². The van der Waals surface area contributed by atoms with E-state index in [4.69, 9.17) is 6.42 Å². The molecule has 0 aliphatic carbocycles. The summed E-state index contributed by atoms with van der Waals surface area (Å²) in [5.41, 5.74) is 0. The minimum absolute atomic E-state index is 0.0116. The molecule has 0 amide bonds. The number of carbonyl (C=O) groups excluding carboxylic acids is 1. The van der Waals surface area contributed by atoms with Crippen LogP contribution in [0.4, 0.5) is 4.39 Å². The van der Waals surface area contributed by atoms with Gasteiger partial charge in [-0.3, -0.25) is 4.79 Å². The van der Waals surface area contributed by atoms with Gasteiger partial charge in [0.05, 0.1) is 12.3 Å². The molecule has 0 bridgehead atoms. The van der Waals surface area contributed by atoms with Crippen LogP contribution in [0.5, 0.6) is 0 Å². The van der Waals surface area contributed by atoms with E-state index >= 15 is 0 Å². The summed E-state index contributed by atoms with van der Waals surface area (Å²) in [4.78, 5) is 10.3. The Balaban J connectivity index is 2.60. The van der Waals surface area contributed by atoms with E-state index in [2.05, 4.69) is 10.7 Å². The van der Waals surface area contributed by atoms with E-state index in [1.54, 1.807) is 0 Å². The molecule has 0 saturated carbocycles. The molecule has 1 heterocycles. The maximum atomic E-state index is 12.3. The highest BCUT2D eigenvalue weighted by Gasteiger charge is 2.32. The van der Waals surface area contributed by atoms with Crippen molar-refractivity contribution in [1.82, 2.24) is 0 Å². The molecule has 3 heteroatoms. The molecule has 1 aliphatic rings. The van der Waals surface area contributed by atoms with Gasteiger partial charge in [-0.05, 0) is 0 Å². The summed E-state index contributed by atoms with van der Waals surface area (Å²) < 4.78 is 16.4. The van der Waals surface area contributed by atoms with Crippen LogP contribution in [-0.2, 0) is 9.53 Å². The first-order valence-electron chi connectivity index (χ1n) is 2.53. The maximum absolute atomic E-state index is 12.3. The number of hydrogen-bond donors (Lipinski definition) is 0. The Morgan fingerprint density at radius 3 is 2.78 bits per heavy atom. The zero-order valence-electron chi connectivity index (χ0n) is 4.63. The second-order valence-electron chi connectivity index (χ2n) is 1.82. The largest absolute Gasteiger partial charge is 0.430 e. The first kappa shape index (κ1) is 6.09. The molecule has 0 spiro atoms. The lowest BCUT2D eigenvalue weighted by molar-refractivity contribution is -0.147. The first-order chi connectivity index (χ1) is 4.24. The Morgan fingerprint density at radius 1 is 1.89 bits per heavy atom. The van der Waals surface area contributed by atoms with Gasteiger partial charge in [0.25, 0.3) is 6.36 Å². The summed E-state index contributed by atoms with van der Waals surface area (Å²) in [6.45, 7) is 0. The molecule has 1 aliphatic heterocycles. The molecule has 0 aromatic heterocycles. The smallest absolute Gasteiger partial charge is 0.309 e. The number of esters is 1. The van der Waals surface area contributed by atoms with Crippen LogP contribution in [0.25, 0.3) is 0 Å². The van der Waals surface area contributed by atoms with Crippen molar-refractivity contribution >= 4 is 5.97 Å². The average Bonchev–Trinajstić information content (AvgIpc) is 2.10. The Hall–Kier alpha value is -1.04. The van der Waals surface area contributed by atoms with Gasteiger partial charge in [-0.2, -0.15) is 0 Å². The lowest BCUT2D eigenvalue weighted by atomic mass is 10.1. The maximum Gasteiger partial charge on any atom is 0.309 e.